The Bertz CT molecular complexity index is 1090. The first kappa shape index (κ1) is 27.9. The Morgan fingerprint density at radius 1 is 1.08 bits per heavy atom. The molecule has 5 nitrogen and oxygen atoms in total. The van der Waals surface area contributed by atoms with E-state index in [1.807, 2.05) is 13.0 Å². The maximum absolute atomic E-state index is 12.7. The van der Waals surface area contributed by atoms with Crippen LogP contribution in [0.4, 0.5) is 13.2 Å². The summed E-state index contributed by atoms with van der Waals surface area (Å²) in [5, 5.41) is 7.63. The number of unbranched alkanes of at least 4 members (excludes halogenated alkanes) is 1. The van der Waals surface area contributed by atoms with Crippen LogP contribution in [0.1, 0.15) is 31.7 Å². The fraction of sp³-hybridized carbons (Fsp3) is 0.346. The molecule has 1 aliphatic carbocycles. The van der Waals surface area contributed by atoms with Gasteiger partial charge in [-0.3, -0.25) is 0 Å². The molecule has 0 radical (unpaired) electrons. The first-order valence-electron chi connectivity index (χ1n) is 11.1. The maximum atomic E-state index is 12.7. The van der Waals surface area contributed by atoms with Crippen molar-refractivity contribution in [2.24, 2.45) is 0 Å². The molecule has 2 aromatic rings. The van der Waals surface area contributed by atoms with E-state index in [2.05, 4.69) is 0 Å². The molecule has 3 atom stereocenters. The van der Waals surface area contributed by atoms with Crippen LogP contribution >= 0.6 is 23.2 Å². The number of aliphatic carboxylic acids is 1. The lowest BCUT2D eigenvalue weighted by atomic mass is 9.87. The first-order valence-corrected chi connectivity index (χ1v) is 11.9. The lowest BCUT2D eigenvalue weighted by Gasteiger charge is -2.40. The third kappa shape index (κ3) is 7.66. The van der Waals surface area contributed by atoms with Crippen molar-refractivity contribution in [3.05, 3.63) is 78.4 Å². The Labute approximate surface area is 217 Å². The smallest absolute Gasteiger partial charge is 0.416 e. The number of hydrogen-bond donors (Lipinski definition) is 1. The molecule has 0 aliphatic heterocycles. The molecule has 2 aromatic carbocycles. The molecule has 0 heterocycles. The van der Waals surface area contributed by atoms with E-state index >= 15 is 0 Å². The first-order chi connectivity index (χ1) is 16.9. The van der Waals surface area contributed by atoms with Crippen molar-refractivity contribution in [2.75, 3.05) is 6.61 Å². The highest BCUT2D eigenvalue weighted by Gasteiger charge is 2.47. The zero-order valence-corrected chi connectivity index (χ0v) is 20.8. The van der Waals surface area contributed by atoms with Crippen molar-refractivity contribution >= 4 is 29.2 Å². The third-order valence-electron chi connectivity index (χ3n) is 5.27. The van der Waals surface area contributed by atoms with Gasteiger partial charge >= 0.3 is 12.1 Å². The summed E-state index contributed by atoms with van der Waals surface area (Å²) in [6.07, 6.45) is 3.45. The number of hydrogen-bond acceptors (Lipinski definition) is 4. The summed E-state index contributed by atoms with van der Waals surface area (Å²) in [5.74, 6) is -0.0754. The van der Waals surface area contributed by atoms with E-state index in [0.29, 0.717) is 11.5 Å². The predicted octanol–water partition coefficient (Wildman–Crippen LogP) is 7.58. The molecular weight excluding hydrogens is 520 g/mol. The minimum Gasteiger partial charge on any atom is -0.480 e. The third-order valence-corrected chi connectivity index (χ3v) is 6.08. The summed E-state index contributed by atoms with van der Waals surface area (Å²) < 4.78 is 55.2. The SMILES string of the molecule is CCCC=CC1(Cl)CC(Cl)(Oc2ccc(Oc3ccc(C(F)(F)F)cc3)cc2)C=CC1OCC(=O)O. The lowest BCUT2D eigenvalue weighted by Crippen LogP contribution is -2.48. The fourth-order valence-corrected chi connectivity index (χ4v) is 4.44. The number of benzene rings is 2. The van der Waals surface area contributed by atoms with Crippen LogP contribution < -0.4 is 9.47 Å². The standard InChI is InChI=1S/C26H25Cl2F3O5/c1-2-3-4-14-24(27)17-25(28,15-13-22(24)34-16-23(32)33)36-21-11-9-20(10-12-21)35-19-7-5-18(6-8-19)26(29,30)31/h4-15,22H,2-3,16-17H2,1H3,(H,32,33). The van der Waals surface area contributed by atoms with Crippen molar-refractivity contribution in [3.8, 4) is 17.2 Å². The van der Waals surface area contributed by atoms with Gasteiger partial charge in [0.2, 0.25) is 5.06 Å². The second-order valence-corrected chi connectivity index (χ2v) is 9.61. The van der Waals surface area contributed by atoms with E-state index in [1.165, 1.54) is 12.1 Å². The Morgan fingerprint density at radius 3 is 2.22 bits per heavy atom. The van der Waals surface area contributed by atoms with Crippen molar-refractivity contribution < 1.29 is 37.3 Å². The zero-order chi connectivity index (χ0) is 26.4. The van der Waals surface area contributed by atoms with Crippen molar-refractivity contribution in [1.82, 2.24) is 0 Å². The summed E-state index contributed by atoms with van der Waals surface area (Å²) in [5.41, 5.74) is -0.762. The number of allylic oxidation sites excluding steroid dienone is 1. The van der Waals surface area contributed by atoms with Gasteiger partial charge in [0, 0.05) is 6.42 Å². The van der Waals surface area contributed by atoms with E-state index in [4.69, 9.17) is 42.5 Å². The fourth-order valence-electron chi connectivity index (χ4n) is 3.56. The molecule has 0 amide bonds. The largest absolute Gasteiger partial charge is 0.480 e. The van der Waals surface area contributed by atoms with Crippen LogP contribution in [-0.2, 0) is 15.7 Å². The predicted molar refractivity (Wildman–Crippen MR) is 131 cm³/mol. The molecule has 0 fully saturated rings. The summed E-state index contributed by atoms with van der Waals surface area (Å²) in [4.78, 5) is 9.83. The molecule has 0 bridgehead atoms. The van der Waals surface area contributed by atoms with Crippen LogP contribution in [0.15, 0.2) is 72.8 Å². The highest BCUT2D eigenvalue weighted by molar-refractivity contribution is 6.29. The number of carboxylic acid groups (broad SMARTS) is 1. The van der Waals surface area contributed by atoms with Gasteiger partial charge < -0.3 is 19.3 Å². The molecule has 1 N–H and O–H groups in total. The Morgan fingerprint density at radius 2 is 1.67 bits per heavy atom. The molecule has 10 heteroatoms. The van der Waals surface area contributed by atoms with Crippen LogP contribution in [0.2, 0.25) is 0 Å². The number of halogens is 5. The van der Waals surface area contributed by atoms with E-state index in [0.717, 1.165) is 25.0 Å². The van der Waals surface area contributed by atoms with Gasteiger partial charge in [-0.2, -0.15) is 13.2 Å². The van der Waals surface area contributed by atoms with E-state index < -0.39 is 40.4 Å². The monoisotopic (exact) mass is 544 g/mol. The Kier molecular flexibility index (Phi) is 8.98. The lowest BCUT2D eigenvalue weighted by molar-refractivity contribution is -0.144. The van der Waals surface area contributed by atoms with Crippen molar-refractivity contribution in [3.63, 3.8) is 0 Å². The molecule has 0 spiro atoms. The average molecular weight is 545 g/mol. The molecule has 3 unspecified atom stereocenters. The molecular formula is C26H25Cl2F3O5. The van der Waals surface area contributed by atoms with Crippen LogP contribution in [0.3, 0.4) is 0 Å². The van der Waals surface area contributed by atoms with Crippen molar-refractivity contribution in [1.29, 1.82) is 0 Å². The van der Waals surface area contributed by atoms with Gasteiger partial charge in [0.15, 0.2) is 0 Å². The molecule has 194 valence electrons. The highest BCUT2D eigenvalue weighted by Crippen LogP contribution is 2.43. The van der Waals surface area contributed by atoms with Crippen molar-refractivity contribution in [2.45, 2.75) is 48.4 Å². The van der Waals surface area contributed by atoms with Gasteiger partial charge in [-0.1, -0.05) is 43.2 Å². The van der Waals surface area contributed by atoms with Crippen LogP contribution in [0.5, 0.6) is 17.2 Å². The van der Waals surface area contributed by atoms with E-state index in [1.54, 1.807) is 42.5 Å². The van der Waals surface area contributed by atoms with Crippen LogP contribution in [0.25, 0.3) is 0 Å². The second kappa shape index (κ2) is 11.6. The number of ether oxygens (including phenoxy) is 3. The number of carboxylic acids is 1. The van der Waals surface area contributed by atoms with Gasteiger partial charge in [0.1, 0.15) is 23.9 Å². The average Bonchev–Trinajstić information content (AvgIpc) is 2.79. The van der Waals surface area contributed by atoms with E-state index in [9.17, 15) is 18.0 Å². The zero-order valence-electron chi connectivity index (χ0n) is 19.3. The Balaban J connectivity index is 1.70. The molecule has 3 rings (SSSR count). The molecule has 0 aromatic heterocycles. The molecule has 0 saturated heterocycles. The van der Waals surface area contributed by atoms with Gasteiger partial charge in [-0.25, -0.2) is 4.79 Å². The van der Waals surface area contributed by atoms with E-state index in [-0.39, 0.29) is 12.2 Å². The molecule has 1 aliphatic rings. The van der Waals surface area contributed by atoms with Gasteiger partial charge in [0.05, 0.1) is 16.5 Å². The van der Waals surface area contributed by atoms with Gasteiger partial charge in [-0.15, -0.1) is 11.6 Å². The topological polar surface area (TPSA) is 65.0 Å². The number of rotatable bonds is 10. The highest BCUT2D eigenvalue weighted by atomic mass is 35.5. The molecule has 36 heavy (non-hydrogen) atoms. The minimum atomic E-state index is -4.42. The number of alkyl halides is 5. The Hall–Kier alpha value is -2.68. The number of carbonyl (C=O) groups is 1. The summed E-state index contributed by atoms with van der Waals surface area (Å²) >= 11 is 13.6. The minimum absolute atomic E-state index is 0.0912. The second-order valence-electron chi connectivity index (χ2n) is 8.26. The molecule has 0 saturated carbocycles. The maximum Gasteiger partial charge on any atom is 0.416 e. The summed E-state index contributed by atoms with van der Waals surface area (Å²) in [6.45, 7) is 1.51. The normalized spacial score (nSPS) is 24.1. The van der Waals surface area contributed by atoms with Gasteiger partial charge in [-0.05, 0) is 61.0 Å². The van der Waals surface area contributed by atoms with Gasteiger partial charge in [0.25, 0.3) is 0 Å². The summed E-state index contributed by atoms with van der Waals surface area (Å²) in [7, 11) is 0. The van der Waals surface area contributed by atoms with Crippen LogP contribution in [0, 0.1) is 0 Å². The quantitative estimate of drug-likeness (QED) is 0.246. The van der Waals surface area contributed by atoms with Crippen LogP contribution in [-0.4, -0.2) is 33.7 Å². The summed E-state index contributed by atoms with van der Waals surface area (Å²) in [6, 6.07) is 10.8.